The van der Waals surface area contributed by atoms with Crippen LogP contribution in [0.2, 0.25) is 0 Å². The summed E-state index contributed by atoms with van der Waals surface area (Å²) in [6.45, 7) is 0.250. The van der Waals surface area contributed by atoms with Crippen LogP contribution in [0.15, 0.2) is 0 Å². The topological polar surface area (TPSA) is 325 Å². The van der Waals surface area contributed by atoms with Crippen molar-refractivity contribution in [2.45, 2.75) is 137 Å². The van der Waals surface area contributed by atoms with Gasteiger partial charge in [0.05, 0.1) is 25.9 Å². The quantitative estimate of drug-likeness (QED) is 0.0949. The largest absolute Gasteiger partial charge is 0.394 e. The predicted molar refractivity (Wildman–Crippen MR) is 149 cm³/mol. The Morgan fingerprint density at radius 3 is 1.73 bits per heavy atom. The molecule has 0 aromatic carbocycles. The summed E-state index contributed by atoms with van der Waals surface area (Å²) in [6.07, 6.45) is -30.5. The summed E-state index contributed by atoms with van der Waals surface area (Å²) in [5.74, 6) is -0.708. The van der Waals surface area contributed by atoms with Crippen LogP contribution in [0.3, 0.4) is 0 Å². The molecule has 21 heteroatoms. The molecular formula is C27H47NO20. The Bertz CT molecular complexity index is 1030. The van der Waals surface area contributed by atoms with E-state index in [0.29, 0.717) is 0 Å². The fraction of sp³-hybridized carbons (Fsp3) is 0.963. The van der Waals surface area contributed by atoms with E-state index in [0.717, 1.165) is 6.92 Å². The highest BCUT2D eigenvalue weighted by molar-refractivity contribution is 5.73. The number of carbonyl (C=O) groups excluding carboxylic acids is 1. The first-order valence-electron chi connectivity index (χ1n) is 15.3. The lowest BCUT2D eigenvalue weighted by atomic mass is 9.94. The Kier molecular flexibility index (Phi) is 13.8. The Balaban J connectivity index is 1.60. The molecule has 20 atom stereocenters. The number of ether oxygens (including phenoxy) is 8. The van der Waals surface area contributed by atoms with Gasteiger partial charge < -0.3 is 99.4 Å². The van der Waals surface area contributed by atoms with Gasteiger partial charge >= 0.3 is 0 Å². The molecule has 0 aromatic rings. The molecule has 4 rings (SSSR count). The minimum Gasteiger partial charge on any atom is -0.394 e. The average Bonchev–Trinajstić information content (AvgIpc) is 3.06. The third kappa shape index (κ3) is 8.26. The number of nitrogens with one attached hydrogen (secondary N) is 1. The molecule has 0 saturated carbocycles. The maximum Gasteiger partial charge on any atom is 0.217 e. The molecule has 0 aromatic heterocycles. The van der Waals surface area contributed by atoms with E-state index >= 15 is 0 Å². The second-order valence-electron chi connectivity index (χ2n) is 12.1. The molecular weight excluding hydrogens is 658 g/mol. The minimum absolute atomic E-state index is 0.593. The number of hydrogen-bond donors (Lipinski definition) is 12. The standard InChI is InChI=1S/C27H47NO20/c1-7-13(32)17(36)21(40)26(43-7)47-22-12(28-8(2)31)24(44-10(5-30)16(22)35)48-23-19(38)14(33)9(4-29)45-27(23)42-6-11-15(34)18(37)20(39)25(41-3)46-11/h7,9-27,29-30,32-40H,4-6H2,1-3H3,(H,28,31)/t7-,9+,10+,11+,12+,13+,14+,15+,16+,17+,18-,19-,20-,21-,22+,23-,24-,25-,26-,27-/m0/s1. The van der Waals surface area contributed by atoms with Crippen molar-refractivity contribution in [3.05, 3.63) is 0 Å². The summed E-state index contributed by atoms with van der Waals surface area (Å²) in [5.41, 5.74) is 0. The second-order valence-corrected chi connectivity index (χ2v) is 12.1. The predicted octanol–water partition coefficient (Wildman–Crippen LogP) is -7.92. The highest BCUT2D eigenvalue weighted by Gasteiger charge is 2.54. The lowest BCUT2D eigenvalue weighted by molar-refractivity contribution is -0.374. The van der Waals surface area contributed by atoms with Gasteiger partial charge in [0.2, 0.25) is 5.91 Å². The number of methoxy groups -OCH3 is 1. The smallest absolute Gasteiger partial charge is 0.217 e. The first kappa shape index (κ1) is 39.5. The van der Waals surface area contributed by atoms with E-state index in [4.69, 9.17) is 37.9 Å². The molecule has 4 fully saturated rings. The van der Waals surface area contributed by atoms with Crippen LogP contribution >= 0.6 is 0 Å². The van der Waals surface area contributed by atoms with Gasteiger partial charge in [0.1, 0.15) is 91.5 Å². The maximum atomic E-state index is 12.3. The Morgan fingerprint density at radius 2 is 1.12 bits per heavy atom. The van der Waals surface area contributed by atoms with Crippen molar-refractivity contribution in [2.24, 2.45) is 0 Å². The van der Waals surface area contributed by atoms with E-state index in [-0.39, 0.29) is 0 Å². The van der Waals surface area contributed by atoms with Crippen LogP contribution in [0.5, 0.6) is 0 Å². The van der Waals surface area contributed by atoms with Crippen molar-refractivity contribution in [1.29, 1.82) is 0 Å². The van der Waals surface area contributed by atoms with Crippen molar-refractivity contribution in [3.8, 4) is 0 Å². The van der Waals surface area contributed by atoms with Crippen LogP contribution in [-0.2, 0) is 42.7 Å². The Labute approximate surface area is 274 Å². The summed E-state index contributed by atoms with van der Waals surface area (Å²) < 4.78 is 44.8. The van der Waals surface area contributed by atoms with Crippen molar-refractivity contribution in [2.75, 3.05) is 26.9 Å². The molecule has 4 aliphatic rings. The second kappa shape index (κ2) is 16.8. The monoisotopic (exact) mass is 705 g/mol. The van der Waals surface area contributed by atoms with Crippen LogP contribution in [0, 0.1) is 0 Å². The summed E-state index contributed by atoms with van der Waals surface area (Å²) in [5, 5.41) is 117. The molecule has 0 spiro atoms. The van der Waals surface area contributed by atoms with Crippen molar-refractivity contribution < 1.29 is 98.9 Å². The molecule has 0 aliphatic carbocycles. The molecule has 4 heterocycles. The third-order valence-electron chi connectivity index (χ3n) is 8.76. The molecule has 21 nitrogen and oxygen atoms in total. The molecule has 1 amide bonds. The van der Waals surface area contributed by atoms with Gasteiger partial charge in [-0.05, 0) is 6.92 Å². The van der Waals surface area contributed by atoms with Crippen LogP contribution in [0.1, 0.15) is 13.8 Å². The first-order chi connectivity index (χ1) is 22.6. The van der Waals surface area contributed by atoms with Gasteiger partial charge in [-0.1, -0.05) is 0 Å². The van der Waals surface area contributed by atoms with Crippen molar-refractivity contribution >= 4 is 5.91 Å². The highest BCUT2D eigenvalue weighted by Crippen LogP contribution is 2.33. The van der Waals surface area contributed by atoms with E-state index in [1.54, 1.807) is 0 Å². The van der Waals surface area contributed by atoms with E-state index in [1.807, 2.05) is 0 Å². The first-order valence-corrected chi connectivity index (χ1v) is 15.3. The van der Waals surface area contributed by atoms with Crippen molar-refractivity contribution in [1.82, 2.24) is 5.32 Å². The zero-order chi connectivity index (χ0) is 35.6. The van der Waals surface area contributed by atoms with Gasteiger partial charge in [-0.25, -0.2) is 0 Å². The van der Waals surface area contributed by atoms with Crippen LogP contribution in [0.25, 0.3) is 0 Å². The number of amides is 1. The van der Waals surface area contributed by atoms with Gasteiger partial charge in [0.25, 0.3) is 0 Å². The van der Waals surface area contributed by atoms with Crippen LogP contribution in [0.4, 0.5) is 0 Å². The van der Waals surface area contributed by atoms with Gasteiger partial charge in [0, 0.05) is 14.0 Å². The summed E-state index contributed by atoms with van der Waals surface area (Å²) in [6, 6.07) is -1.52. The Hall–Kier alpha value is -1.29. The molecule has 0 bridgehead atoms. The van der Waals surface area contributed by atoms with E-state index in [9.17, 15) is 61.0 Å². The normalized spacial score (nSPS) is 50.2. The number of carbonyl (C=O) groups is 1. The summed E-state index contributed by atoms with van der Waals surface area (Å²) in [4.78, 5) is 12.3. The molecule has 12 N–H and O–H groups in total. The Morgan fingerprint density at radius 1 is 0.604 bits per heavy atom. The zero-order valence-corrected chi connectivity index (χ0v) is 26.3. The maximum absolute atomic E-state index is 12.3. The average molecular weight is 706 g/mol. The van der Waals surface area contributed by atoms with E-state index in [2.05, 4.69) is 5.32 Å². The van der Waals surface area contributed by atoms with Gasteiger partial charge in [-0.2, -0.15) is 0 Å². The zero-order valence-electron chi connectivity index (χ0n) is 26.3. The van der Waals surface area contributed by atoms with Crippen LogP contribution < -0.4 is 5.32 Å². The van der Waals surface area contributed by atoms with Gasteiger partial charge in [-0.3, -0.25) is 4.79 Å². The SMILES string of the molecule is CO[C@H]1O[C@H](CO[C@H]2O[C@H](CO)[C@@H](O)[C@H](O)[C@@H]2O[C@@H]2O[C@H](CO)[C@@H](O)[C@H](O[C@@H]3O[C@@H](C)[C@@H](O)[C@@H](O)[C@@H]3O)[C@H]2NC(C)=O)[C@@H](O)[C@H](O)[C@@H]1O. The molecule has 4 saturated heterocycles. The van der Waals surface area contributed by atoms with E-state index in [1.165, 1.54) is 14.0 Å². The highest BCUT2D eigenvalue weighted by atomic mass is 16.8. The lowest BCUT2D eigenvalue weighted by Crippen LogP contribution is -2.69. The van der Waals surface area contributed by atoms with Gasteiger partial charge in [-0.15, -0.1) is 0 Å². The van der Waals surface area contributed by atoms with Crippen LogP contribution in [-0.4, -0.2) is 212 Å². The number of rotatable bonds is 11. The van der Waals surface area contributed by atoms with Gasteiger partial charge in [0.15, 0.2) is 25.2 Å². The lowest BCUT2D eigenvalue weighted by Gasteiger charge is -2.49. The molecule has 0 radical (unpaired) electrons. The minimum atomic E-state index is -1.89. The number of hydrogen-bond acceptors (Lipinski definition) is 20. The van der Waals surface area contributed by atoms with E-state index < -0.39 is 148 Å². The third-order valence-corrected chi connectivity index (χ3v) is 8.76. The fourth-order valence-corrected chi connectivity index (χ4v) is 5.94. The molecule has 0 unspecified atom stereocenters. The van der Waals surface area contributed by atoms with Crippen molar-refractivity contribution in [3.63, 3.8) is 0 Å². The summed E-state index contributed by atoms with van der Waals surface area (Å²) in [7, 11) is 1.18. The molecule has 48 heavy (non-hydrogen) atoms. The summed E-state index contributed by atoms with van der Waals surface area (Å²) >= 11 is 0. The molecule has 280 valence electrons. The molecule has 4 aliphatic heterocycles. The number of aliphatic hydroxyl groups excluding tert-OH is 11. The number of aliphatic hydroxyl groups is 11. The fourth-order valence-electron chi connectivity index (χ4n) is 5.94.